The Morgan fingerprint density at radius 2 is 1.67 bits per heavy atom. The number of hydrogen-bond acceptors (Lipinski definition) is 10. The van der Waals surface area contributed by atoms with Crippen molar-refractivity contribution >= 4 is 40.1 Å². The van der Waals surface area contributed by atoms with Crippen molar-refractivity contribution in [3.63, 3.8) is 0 Å². The van der Waals surface area contributed by atoms with Crippen molar-refractivity contribution in [1.82, 2.24) is 9.55 Å². The van der Waals surface area contributed by atoms with Crippen LogP contribution in [0.25, 0.3) is 10.9 Å². The molecule has 0 saturated heterocycles. The van der Waals surface area contributed by atoms with E-state index < -0.39 is 17.8 Å². The summed E-state index contributed by atoms with van der Waals surface area (Å²) in [6, 6.07) is 6.96. The molecule has 0 aliphatic rings. The lowest BCUT2D eigenvalue weighted by Crippen LogP contribution is -2.17. The predicted octanol–water partition coefficient (Wildman–Crippen LogP) is 2.78. The SMILES string of the molecule is COCCOCCOCCOC(=O)n1cc(C(=O)c2nc(C(=O)OC)cs2)c2ccccc21. The maximum atomic E-state index is 13.0. The lowest BCUT2D eigenvalue weighted by molar-refractivity contribution is 0.0132. The van der Waals surface area contributed by atoms with E-state index in [0.717, 1.165) is 11.3 Å². The minimum absolute atomic E-state index is 0.0433. The van der Waals surface area contributed by atoms with E-state index in [9.17, 15) is 14.4 Å². The lowest BCUT2D eigenvalue weighted by atomic mass is 10.1. The Labute approximate surface area is 194 Å². The van der Waals surface area contributed by atoms with Crippen LogP contribution in [0, 0.1) is 0 Å². The number of ether oxygens (including phenoxy) is 5. The molecule has 0 fully saturated rings. The molecular formula is C22H24N2O8S. The molecule has 10 nitrogen and oxygen atoms in total. The molecule has 2 aromatic heterocycles. The number of fused-ring (bicyclic) bond motifs is 1. The fourth-order valence-corrected chi connectivity index (χ4v) is 3.67. The number of thiazole rings is 1. The lowest BCUT2D eigenvalue weighted by Gasteiger charge is -2.08. The molecule has 0 N–H and O–H groups in total. The number of hydrogen-bond donors (Lipinski definition) is 0. The summed E-state index contributed by atoms with van der Waals surface area (Å²) in [4.78, 5) is 41.4. The van der Waals surface area contributed by atoms with Crippen molar-refractivity contribution in [3.05, 3.63) is 52.1 Å². The van der Waals surface area contributed by atoms with Crippen LogP contribution in [0.5, 0.6) is 0 Å². The maximum absolute atomic E-state index is 13.0. The van der Waals surface area contributed by atoms with Crippen molar-refractivity contribution in [3.8, 4) is 0 Å². The van der Waals surface area contributed by atoms with Crippen LogP contribution >= 0.6 is 11.3 Å². The molecule has 3 aromatic rings. The molecule has 0 atom stereocenters. The van der Waals surface area contributed by atoms with Crippen LogP contribution < -0.4 is 0 Å². The smallest absolute Gasteiger partial charge is 0.418 e. The van der Waals surface area contributed by atoms with Gasteiger partial charge in [0.05, 0.1) is 51.2 Å². The third-order valence-corrected chi connectivity index (χ3v) is 5.34. The van der Waals surface area contributed by atoms with E-state index in [0.29, 0.717) is 37.3 Å². The van der Waals surface area contributed by atoms with Gasteiger partial charge in [0, 0.05) is 24.1 Å². The van der Waals surface area contributed by atoms with Gasteiger partial charge in [0.1, 0.15) is 6.61 Å². The molecule has 0 aliphatic heterocycles. The van der Waals surface area contributed by atoms with Crippen molar-refractivity contribution in [2.24, 2.45) is 0 Å². The van der Waals surface area contributed by atoms with Gasteiger partial charge in [-0.15, -0.1) is 11.3 Å². The summed E-state index contributed by atoms with van der Waals surface area (Å²) in [5.41, 5.74) is 0.846. The topological polar surface area (TPSA) is 115 Å². The second-order valence-corrected chi connectivity index (χ2v) is 7.48. The molecule has 1 aromatic carbocycles. The van der Waals surface area contributed by atoms with E-state index in [1.807, 2.05) is 0 Å². The monoisotopic (exact) mass is 476 g/mol. The molecule has 11 heteroatoms. The standard InChI is InChI=1S/C22H24N2O8S/c1-28-7-8-30-9-10-31-11-12-32-22(27)24-13-16(15-5-3-4-6-18(15)24)19(25)20-23-17(14-33-20)21(26)29-2/h3-6,13-14H,7-12H2,1-2H3. The molecule has 0 unspecified atom stereocenters. The zero-order chi connectivity index (χ0) is 23.6. The minimum atomic E-state index is -0.639. The first kappa shape index (κ1) is 24.5. The molecule has 2 heterocycles. The highest BCUT2D eigenvalue weighted by Gasteiger charge is 2.23. The van der Waals surface area contributed by atoms with Crippen LogP contribution in [0.3, 0.4) is 0 Å². The summed E-state index contributed by atoms with van der Waals surface area (Å²) in [7, 11) is 2.84. The number of aromatic nitrogens is 2. The van der Waals surface area contributed by atoms with E-state index in [1.165, 1.54) is 23.3 Å². The normalized spacial score (nSPS) is 11.0. The van der Waals surface area contributed by atoms with E-state index in [1.54, 1.807) is 31.4 Å². The highest BCUT2D eigenvalue weighted by molar-refractivity contribution is 7.12. The van der Waals surface area contributed by atoms with Crippen molar-refractivity contribution < 1.29 is 38.1 Å². The van der Waals surface area contributed by atoms with Crippen LogP contribution in [-0.4, -0.2) is 81.3 Å². The number of ketones is 1. The summed E-state index contributed by atoms with van der Waals surface area (Å²) >= 11 is 1.03. The molecule has 0 spiro atoms. The zero-order valence-electron chi connectivity index (χ0n) is 18.3. The molecule has 0 radical (unpaired) electrons. The van der Waals surface area contributed by atoms with Gasteiger partial charge in [0.15, 0.2) is 10.7 Å². The van der Waals surface area contributed by atoms with Crippen LogP contribution in [0.4, 0.5) is 4.79 Å². The number of rotatable bonds is 12. The maximum Gasteiger partial charge on any atom is 0.418 e. The third-order valence-electron chi connectivity index (χ3n) is 4.50. The molecule has 33 heavy (non-hydrogen) atoms. The van der Waals surface area contributed by atoms with Gasteiger partial charge in [0.2, 0.25) is 5.78 Å². The number of carbonyl (C=O) groups excluding carboxylic acids is 3. The van der Waals surface area contributed by atoms with Crippen LogP contribution in [0.2, 0.25) is 0 Å². The highest BCUT2D eigenvalue weighted by Crippen LogP contribution is 2.25. The average Bonchev–Trinajstić information content (AvgIpc) is 3.48. The van der Waals surface area contributed by atoms with Crippen molar-refractivity contribution in [2.75, 3.05) is 53.9 Å². The number of carbonyl (C=O) groups is 3. The number of methoxy groups -OCH3 is 2. The molecule has 0 saturated carbocycles. The Balaban J connectivity index is 1.63. The minimum Gasteiger partial charge on any atom is -0.464 e. The van der Waals surface area contributed by atoms with Gasteiger partial charge in [0.25, 0.3) is 0 Å². The van der Waals surface area contributed by atoms with E-state index in [4.69, 9.17) is 18.9 Å². The zero-order valence-corrected chi connectivity index (χ0v) is 19.1. The Bertz CT molecular complexity index is 1110. The summed E-state index contributed by atoms with van der Waals surface area (Å²) in [5.74, 6) is -1.03. The first-order valence-electron chi connectivity index (χ1n) is 10.1. The van der Waals surface area contributed by atoms with Crippen molar-refractivity contribution in [1.29, 1.82) is 0 Å². The van der Waals surface area contributed by atoms with Crippen LogP contribution in [0.15, 0.2) is 35.8 Å². The van der Waals surface area contributed by atoms with Gasteiger partial charge in [-0.25, -0.2) is 14.6 Å². The number of benzene rings is 1. The molecule has 176 valence electrons. The van der Waals surface area contributed by atoms with Gasteiger partial charge in [-0.2, -0.15) is 0 Å². The van der Waals surface area contributed by atoms with Gasteiger partial charge in [-0.3, -0.25) is 9.36 Å². The number of nitrogens with zero attached hydrogens (tertiary/aromatic N) is 2. The van der Waals surface area contributed by atoms with Gasteiger partial charge < -0.3 is 23.7 Å². The predicted molar refractivity (Wildman–Crippen MR) is 119 cm³/mol. The Hall–Kier alpha value is -3.12. The molecule has 0 amide bonds. The van der Waals surface area contributed by atoms with Gasteiger partial charge in [-0.1, -0.05) is 18.2 Å². The van der Waals surface area contributed by atoms with Crippen LogP contribution in [-0.2, 0) is 23.7 Å². The van der Waals surface area contributed by atoms with Gasteiger partial charge >= 0.3 is 12.1 Å². The van der Waals surface area contributed by atoms with E-state index in [2.05, 4.69) is 9.72 Å². The Morgan fingerprint density at radius 3 is 2.39 bits per heavy atom. The molecule has 3 rings (SSSR count). The summed E-state index contributed by atoms with van der Waals surface area (Å²) in [5, 5.41) is 2.14. The summed E-state index contributed by atoms with van der Waals surface area (Å²) < 4.78 is 26.7. The molecule has 0 bridgehead atoms. The summed E-state index contributed by atoms with van der Waals surface area (Å²) in [6.45, 7) is 2.04. The largest absolute Gasteiger partial charge is 0.464 e. The number of para-hydroxylation sites is 1. The Morgan fingerprint density at radius 1 is 0.970 bits per heavy atom. The second-order valence-electron chi connectivity index (χ2n) is 6.62. The molecule has 0 aliphatic carbocycles. The quantitative estimate of drug-likeness (QED) is 0.221. The Kier molecular flexibility index (Phi) is 9.07. The van der Waals surface area contributed by atoms with Gasteiger partial charge in [-0.05, 0) is 6.07 Å². The first-order valence-corrected chi connectivity index (χ1v) is 10.9. The third kappa shape index (κ3) is 6.23. The highest BCUT2D eigenvalue weighted by atomic mass is 32.1. The van der Waals surface area contributed by atoms with Crippen molar-refractivity contribution in [2.45, 2.75) is 0 Å². The fourth-order valence-electron chi connectivity index (χ4n) is 2.92. The second kappa shape index (κ2) is 12.2. The summed E-state index contributed by atoms with van der Waals surface area (Å²) in [6.07, 6.45) is 0.776. The van der Waals surface area contributed by atoms with E-state index >= 15 is 0 Å². The van der Waals surface area contributed by atoms with Crippen LogP contribution in [0.1, 0.15) is 25.9 Å². The molecular weight excluding hydrogens is 452 g/mol. The number of esters is 1. The average molecular weight is 477 g/mol. The van der Waals surface area contributed by atoms with E-state index in [-0.39, 0.29) is 29.5 Å². The first-order chi connectivity index (χ1) is 16.1. The fraction of sp³-hybridized carbons (Fsp3) is 0.364.